The Bertz CT molecular complexity index is 441. The van der Waals surface area contributed by atoms with Crippen LogP contribution in [0.15, 0.2) is 10.6 Å². The van der Waals surface area contributed by atoms with Gasteiger partial charge in [-0.05, 0) is 19.8 Å². The molecule has 1 aliphatic heterocycles. The van der Waals surface area contributed by atoms with Crippen LogP contribution >= 0.6 is 0 Å². The average molecular weight is 237 g/mol. The van der Waals surface area contributed by atoms with Gasteiger partial charge in [0.1, 0.15) is 11.8 Å². The Labute approximate surface area is 98.9 Å². The minimum Gasteiger partial charge on any atom is -0.360 e. The molecule has 0 spiro atoms. The lowest BCUT2D eigenvalue weighted by Crippen LogP contribution is -2.42. The van der Waals surface area contributed by atoms with Crippen LogP contribution in [0.3, 0.4) is 0 Å². The fourth-order valence-corrected chi connectivity index (χ4v) is 2.05. The number of anilines is 1. The first-order chi connectivity index (χ1) is 8.08. The maximum atomic E-state index is 12.0. The molecule has 1 aliphatic rings. The monoisotopic (exact) mass is 237 g/mol. The number of nitrogens with one attached hydrogen (secondary N) is 1. The van der Waals surface area contributed by atoms with Crippen LogP contribution in [0.1, 0.15) is 25.5 Å². The van der Waals surface area contributed by atoms with Crippen LogP contribution in [-0.4, -0.2) is 34.5 Å². The van der Waals surface area contributed by atoms with E-state index < -0.39 is 0 Å². The Morgan fingerprint density at radius 2 is 2.35 bits per heavy atom. The Morgan fingerprint density at radius 3 is 2.94 bits per heavy atom. The van der Waals surface area contributed by atoms with Crippen molar-refractivity contribution in [1.82, 2.24) is 10.1 Å². The zero-order valence-electron chi connectivity index (χ0n) is 9.90. The molecule has 6 nitrogen and oxygen atoms in total. The molecule has 1 N–H and O–H groups in total. The first-order valence-corrected chi connectivity index (χ1v) is 5.59. The number of carbonyl (C=O) groups is 2. The van der Waals surface area contributed by atoms with Gasteiger partial charge in [-0.3, -0.25) is 9.59 Å². The SMILES string of the molecule is CC(=O)N1CCC[C@@H]1C(=O)Nc1cc(C)on1. The summed E-state index contributed by atoms with van der Waals surface area (Å²) in [5, 5.41) is 6.34. The molecule has 1 fully saturated rings. The molecule has 0 radical (unpaired) electrons. The molecule has 1 atom stereocenters. The van der Waals surface area contributed by atoms with Crippen LogP contribution < -0.4 is 5.32 Å². The number of likely N-dealkylation sites (tertiary alicyclic amines) is 1. The third-order valence-corrected chi connectivity index (χ3v) is 2.84. The maximum Gasteiger partial charge on any atom is 0.248 e. The summed E-state index contributed by atoms with van der Waals surface area (Å²) in [7, 11) is 0. The highest BCUT2D eigenvalue weighted by atomic mass is 16.5. The van der Waals surface area contributed by atoms with E-state index in [1.54, 1.807) is 17.9 Å². The van der Waals surface area contributed by atoms with E-state index in [1.807, 2.05) is 0 Å². The van der Waals surface area contributed by atoms with Crippen molar-refractivity contribution in [1.29, 1.82) is 0 Å². The Kier molecular flexibility index (Phi) is 3.12. The molecular weight excluding hydrogens is 222 g/mol. The van der Waals surface area contributed by atoms with Gasteiger partial charge in [0.2, 0.25) is 11.8 Å². The number of rotatable bonds is 2. The zero-order valence-corrected chi connectivity index (χ0v) is 9.90. The van der Waals surface area contributed by atoms with Crippen LogP contribution in [0.4, 0.5) is 5.82 Å². The number of hydrogen-bond acceptors (Lipinski definition) is 4. The second kappa shape index (κ2) is 4.57. The van der Waals surface area contributed by atoms with Crippen LogP contribution in [0, 0.1) is 6.92 Å². The number of nitrogens with zero attached hydrogens (tertiary/aromatic N) is 2. The van der Waals surface area contributed by atoms with Crippen molar-refractivity contribution in [3.63, 3.8) is 0 Å². The summed E-state index contributed by atoms with van der Waals surface area (Å²) in [5.74, 6) is 0.753. The summed E-state index contributed by atoms with van der Waals surface area (Å²) in [5.41, 5.74) is 0. The van der Waals surface area contributed by atoms with Crippen molar-refractivity contribution < 1.29 is 14.1 Å². The normalized spacial score (nSPS) is 19.4. The fourth-order valence-electron chi connectivity index (χ4n) is 2.05. The minimum absolute atomic E-state index is 0.0704. The van der Waals surface area contributed by atoms with Crippen molar-refractivity contribution in [3.05, 3.63) is 11.8 Å². The van der Waals surface area contributed by atoms with Crippen molar-refractivity contribution in [3.8, 4) is 0 Å². The molecule has 92 valence electrons. The third-order valence-electron chi connectivity index (χ3n) is 2.84. The van der Waals surface area contributed by atoms with Gasteiger partial charge in [-0.15, -0.1) is 0 Å². The highest BCUT2D eigenvalue weighted by Crippen LogP contribution is 2.19. The van der Waals surface area contributed by atoms with Gasteiger partial charge >= 0.3 is 0 Å². The van der Waals surface area contributed by atoms with E-state index in [0.29, 0.717) is 24.5 Å². The lowest BCUT2D eigenvalue weighted by Gasteiger charge is -2.21. The quantitative estimate of drug-likeness (QED) is 0.830. The van der Waals surface area contributed by atoms with Gasteiger partial charge in [0.05, 0.1) is 0 Å². The van der Waals surface area contributed by atoms with E-state index in [1.165, 1.54) is 6.92 Å². The van der Waals surface area contributed by atoms with Gasteiger partial charge in [0.15, 0.2) is 5.82 Å². The Hall–Kier alpha value is -1.85. The maximum absolute atomic E-state index is 12.0. The lowest BCUT2D eigenvalue weighted by molar-refractivity contribution is -0.134. The van der Waals surface area contributed by atoms with Crippen molar-refractivity contribution >= 4 is 17.6 Å². The number of aromatic nitrogens is 1. The standard InChI is InChI=1S/C11H15N3O3/c1-7-6-10(13-17-7)12-11(16)9-4-3-5-14(9)8(2)15/h6,9H,3-5H2,1-2H3,(H,12,13,16)/t9-/m1/s1. The molecule has 1 aromatic heterocycles. The minimum atomic E-state index is -0.385. The van der Waals surface area contributed by atoms with Gasteiger partial charge in [-0.1, -0.05) is 5.16 Å². The first kappa shape index (κ1) is 11.6. The summed E-state index contributed by atoms with van der Waals surface area (Å²) in [6.45, 7) is 3.87. The van der Waals surface area contributed by atoms with E-state index in [9.17, 15) is 9.59 Å². The molecular formula is C11H15N3O3. The molecule has 1 aromatic rings. The second-order valence-corrected chi connectivity index (χ2v) is 4.18. The molecule has 0 aromatic carbocycles. The van der Waals surface area contributed by atoms with E-state index in [2.05, 4.69) is 10.5 Å². The molecule has 0 saturated carbocycles. The zero-order chi connectivity index (χ0) is 12.4. The molecule has 2 rings (SSSR count). The largest absolute Gasteiger partial charge is 0.360 e. The molecule has 17 heavy (non-hydrogen) atoms. The van der Waals surface area contributed by atoms with Gasteiger partial charge in [-0.2, -0.15) is 0 Å². The molecule has 1 saturated heterocycles. The molecule has 0 aliphatic carbocycles. The molecule has 6 heteroatoms. The van der Waals surface area contributed by atoms with E-state index in [4.69, 9.17) is 4.52 Å². The van der Waals surface area contributed by atoms with Crippen LogP contribution in [0.25, 0.3) is 0 Å². The summed E-state index contributed by atoms with van der Waals surface area (Å²) in [6.07, 6.45) is 1.55. The smallest absolute Gasteiger partial charge is 0.248 e. The van der Waals surface area contributed by atoms with Crippen LogP contribution in [-0.2, 0) is 9.59 Å². The number of aryl methyl sites for hydroxylation is 1. The van der Waals surface area contributed by atoms with Gasteiger partial charge in [0, 0.05) is 19.5 Å². The van der Waals surface area contributed by atoms with Gasteiger partial charge in [-0.25, -0.2) is 0 Å². The topological polar surface area (TPSA) is 75.4 Å². The summed E-state index contributed by atoms with van der Waals surface area (Å²) >= 11 is 0. The predicted molar refractivity (Wildman–Crippen MR) is 60.3 cm³/mol. The third kappa shape index (κ3) is 2.46. The molecule has 2 amide bonds. The molecule has 0 unspecified atom stereocenters. The Balaban J connectivity index is 2.02. The van der Waals surface area contributed by atoms with Gasteiger partial charge < -0.3 is 14.7 Å². The van der Waals surface area contributed by atoms with Crippen molar-refractivity contribution in [2.24, 2.45) is 0 Å². The van der Waals surface area contributed by atoms with E-state index >= 15 is 0 Å². The van der Waals surface area contributed by atoms with Crippen LogP contribution in [0.2, 0.25) is 0 Å². The van der Waals surface area contributed by atoms with Crippen molar-refractivity contribution in [2.45, 2.75) is 32.7 Å². The van der Waals surface area contributed by atoms with Crippen molar-refractivity contribution in [2.75, 3.05) is 11.9 Å². The van der Waals surface area contributed by atoms with Gasteiger partial charge in [0.25, 0.3) is 0 Å². The average Bonchev–Trinajstić information content (AvgIpc) is 2.86. The molecule has 2 heterocycles. The molecule has 0 bridgehead atoms. The van der Waals surface area contributed by atoms with E-state index in [-0.39, 0.29) is 17.9 Å². The van der Waals surface area contributed by atoms with Crippen LogP contribution in [0.5, 0.6) is 0 Å². The highest BCUT2D eigenvalue weighted by molar-refractivity contribution is 5.96. The summed E-state index contributed by atoms with van der Waals surface area (Å²) in [4.78, 5) is 24.9. The highest BCUT2D eigenvalue weighted by Gasteiger charge is 2.32. The Morgan fingerprint density at radius 1 is 1.59 bits per heavy atom. The first-order valence-electron chi connectivity index (χ1n) is 5.59. The summed E-state index contributed by atoms with van der Waals surface area (Å²) < 4.78 is 4.86. The lowest BCUT2D eigenvalue weighted by atomic mass is 10.2. The second-order valence-electron chi connectivity index (χ2n) is 4.18. The number of carbonyl (C=O) groups excluding carboxylic acids is 2. The predicted octanol–water partition coefficient (Wildman–Crippen LogP) is 0.932. The van der Waals surface area contributed by atoms with E-state index in [0.717, 1.165) is 6.42 Å². The fraction of sp³-hybridized carbons (Fsp3) is 0.545. The number of amides is 2. The summed E-state index contributed by atoms with van der Waals surface area (Å²) in [6, 6.07) is 1.26. The number of hydrogen-bond donors (Lipinski definition) is 1.